The second-order valence-electron chi connectivity index (χ2n) is 5.14. The molecule has 26 heavy (non-hydrogen) atoms. The van der Waals surface area contributed by atoms with Gasteiger partial charge in [-0.15, -0.1) is 21.5 Å². The van der Waals surface area contributed by atoms with E-state index in [1.807, 2.05) is 0 Å². The summed E-state index contributed by atoms with van der Waals surface area (Å²) >= 11 is 0.984. The van der Waals surface area contributed by atoms with Gasteiger partial charge in [0.2, 0.25) is 27.6 Å². The molecule has 0 aliphatic heterocycles. The van der Waals surface area contributed by atoms with E-state index >= 15 is 0 Å². The van der Waals surface area contributed by atoms with Crippen molar-refractivity contribution >= 4 is 21.4 Å². The van der Waals surface area contributed by atoms with Gasteiger partial charge in [-0.25, -0.2) is 13.1 Å². The average molecular weight is 408 g/mol. The lowest BCUT2D eigenvalue weighted by Crippen LogP contribution is -2.23. The normalized spacial score (nSPS) is 12.7. The van der Waals surface area contributed by atoms with E-state index in [1.54, 1.807) is 6.92 Å². The van der Waals surface area contributed by atoms with Crippen LogP contribution >= 0.6 is 11.3 Å². The Balaban J connectivity index is 1.84. The number of sulfonamides is 1. The molecule has 0 radical (unpaired) electrons. The molecule has 0 atom stereocenters. The second kappa shape index (κ2) is 6.48. The molecule has 0 aliphatic rings. The van der Waals surface area contributed by atoms with Crippen LogP contribution in [0.25, 0.3) is 10.6 Å². The van der Waals surface area contributed by atoms with Crippen LogP contribution in [-0.4, -0.2) is 23.8 Å². The first kappa shape index (κ1) is 18.5. The molecule has 3 aromatic rings. The predicted octanol–water partition coefficient (Wildman–Crippen LogP) is 2.90. The molecule has 3 aromatic heterocycles. The fraction of sp³-hybridized carbons (Fsp3) is 0.308. The Bertz CT molecular complexity index is 1040. The molecule has 0 bridgehead atoms. The molecular formula is C13H11F3N4O4S2. The highest BCUT2D eigenvalue weighted by Gasteiger charge is 2.36. The molecule has 0 aliphatic carbocycles. The maximum Gasteiger partial charge on any atom is 0.452 e. The first-order chi connectivity index (χ1) is 12.1. The minimum Gasteiger partial charge on any atom is -0.424 e. The fourth-order valence-electron chi connectivity index (χ4n) is 2.03. The van der Waals surface area contributed by atoms with E-state index < -0.39 is 22.0 Å². The first-order valence-corrected chi connectivity index (χ1v) is 9.29. The number of rotatable bonds is 5. The van der Waals surface area contributed by atoms with Crippen molar-refractivity contribution in [2.75, 3.05) is 0 Å². The number of aryl methyl sites for hydroxylation is 2. The number of halogens is 3. The molecule has 3 rings (SSSR count). The summed E-state index contributed by atoms with van der Waals surface area (Å²) in [6.45, 7) is 2.88. The maximum atomic E-state index is 12.6. The molecule has 0 fully saturated rings. The zero-order valence-corrected chi connectivity index (χ0v) is 14.9. The molecular weight excluding hydrogens is 397 g/mol. The van der Waals surface area contributed by atoms with Gasteiger partial charge in [0.25, 0.3) is 0 Å². The van der Waals surface area contributed by atoms with Crippen LogP contribution in [0.5, 0.6) is 0 Å². The minimum atomic E-state index is -4.67. The molecule has 0 saturated carbocycles. The lowest BCUT2D eigenvalue weighted by Gasteiger charge is -2.03. The van der Waals surface area contributed by atoms with Crippen molar-refractivity contribution in [1.82, 2.24) is 20.1 Å². The van der Waals surface area contributed by atoms with Crippen molar-refractivity contribution in [3.05, 3.63) is 34.6 Å². The van der Waals surface area contributed by atoms with E-state index in [9.17, 15) is 21.6 Å². The molecule has 1 N–H and O–H groups in total. The molecule has 3 heterocycles. The van der Waals surface area contributed by atoms with Crippen LogP contribution in [0.1, 0.15) is 22.4 Å². The second-order valence-corrected chi connectivity index (χ2v) is 8.14. The van der Waals surface area contributed by atoms with Crippen LogP contribution < -0.4 is 4.72 Å². The Morgan fingerprint density at radius 1 is 1.23 bits per heavy atom. The van der Waals surface area contributed by atoms with Crippen molar-refractivity contribution in [2.24, 2.45) is 0 Å². The summed E-state index contributed by atoms with van der Waals surface area (Å²) in [7, 11) is -3.94. The van der Waals surface area contributed by atoms with Crippen molar-refractivity contribution in [3.63, 3.8) is 0 Å². The summed E-state index contributed by atoms with van der Waals surface area (Å²) in [4.78, 5) is 0.534. The summed E-state index contributed by atoms with van der Waals surface area (Å²) in [6.07, 6.45) is -4.67. The molecule has 0 spiro atoms. The van der Waals surface area contributed by atoms with E-state index in [0.29, 0.717) is 10.8 Å². The molecule has 0 aromatic carbocycles. The van der Waals surface area contributed by atoms with Crippen LogP contribution in [-0.2, 0) is 22.7 Å². The number of alkyl halides is 3. The van der Waals surface area contributed by atoms with Gasteiger partial charge in [-0.1, -0.05) is 5.16 Å². The van der Waals surface area contributed by atoms with Crippen molar-refractivity contribution in [1.29, 1.82) is 0 Å². The van der Waals surface area contributed by atoms with Gasteiger partial charge in [-0.2, -0.15) is 13.2 Å². The van der Waals surface area contributed by atoms with Crippen LogP contribution in [0.3, 0.4) is 0 Å². The summed E-state index contributed by atoms with van der Waals surface area (Å²) in [6, 6.07) is 1.95. The monoisotopic (exact) mass is 408 g/mol. The number of hydrogen-bond acceptors (Lipinski definition) is 8. The Hall–Kier alpha value is -2.25. The summed E-state index contributed by atoms with van der Waals surface area (Å²) in [5, 5.41) is 10.6. The SMILES string of the molecule is Cc1nnc(CNS(=O)(=O)c2cc(-c3cc(C(F)(F)F)on3)sc2C)o1. The van der Waals surface area contributed by atoms with E-state index in [0.717, 1.165) is 17.4 Å². The van der Waals surface area contributed by atoms with Gasteiger partial charge in [0, 0.05) is 17.9 Å². The summed E-state index contributed by atoms with van der Waals surface area (Å²) in [5.74, 6) is -0.877. The van der Waals surface area contributed by atoms with Crippen molar-refractivity contribution in [2.45, 2.75) is 31.5 Å². The smallest absolute Gasteiger partial charge is 0.424 e. The first-order valence-electron chi connectivity index (χ1n) is 6.99. The minimum absolute atomic E-state index is 0.0784. The zero-order valence-electron chi connectivity index (χ0n) is 13.3. The quantitative estimate of drug-likeness (QED) is 0.691. The third-order valence-corrected chi connectivity index (χ3v) is 5.91. The maximum absolute atomic E-state index is 12.6. The highest BCUT2D eigenvalue weighted by atomic mass is 32.2. The molecule has 140 valence electrons. The Morgan fingerprint density at radius 3 is 2.54 bits per heavy atom. The van der Waals surface area contributed by atoms with Gasteiger partial charge < -0.3 is 8.94 Å². The Morgan fingerprint density at radius 2 is 1.96 bits per heavy atom. The van der Waals surface area contributed by atoms with Crippen LogP contribution in [0.4, 0.5) is 13.2 Å². The van der Waals surface area contributed by atoms with Gasteiger partial charge in [-0.05, 0) is 13.0 Å². The molecule has 0 amide bonds. The average Bonchev–Trinajstić information content (AvgIpc) is 3.23. The standard InChI is InChI=1S/C13H11F3N4O4S2/c1-6-10(26(21,22)17-5-12-19-18-7(2)23-12)4-9(25-6)8-3-11(24-20-8)13(14,15)16/h3-4,17H,5H2,1-2H3. The summed E-state index contributed by atoms with van der Waals surface area (Å²) in [5.41, 5.74) is -0.0978. The van der Waals surface area contributed by atoms with Crippen LogP contribution in [0, 0.1) is 13.8 Å². The largest absolute Gasteiger partial charge is 0.452 e. The third-order valence-electron chi connectivity index (χ3n) is 3.19. The van der Waals surface area contributed by atoms with Gasteiger partial charge in [0.15, 0.2) is 0 Å². The van der Waals surface area contributed by atoms with Crippen LogP contribution in [0.15, 0.2) is 26.0 Å². The van der Waals surface area contributed by atoms with E-state index in [2.05, 4.69) is 24.6 Å². The number of hydrogen-bond donors (Lipinski definition) is 1. The van der Waals surface area contributed by atoms with Crippen molar-refractivity contribution in [3.8, 4) is 10.6 Å². The topological polar surface area (TPSA) is 111 Å². The predicted molar refractivity (Wildman–Crippen MR) is 82.6 cm³/mol. The van der Waals surface area contributed by atoms with Gasteiger partial charge in [-0.3, -0.25) is 0 Å². The highest BCUT2D eigenvalue weighted by Crippen LogP contribution is 2.36. The molecule has 13 heteroatoms. The molecule has 0 saturated heterocycles. The van der Waals surface area contributed by atoms with Crippen molar-refractivity contribution < 1.29 is 30.5 Å². The number of thiophene rings is 1. The molecule has 8 nitrogen and oxygen atoms in total. The van der Waals surface area contributed by atoms with E-state index in [-0.39, 0.29) is 27.9 Å². The lowest BCUT2D eigenvalue weighted by molar-refractivity contribution is -0.155. The van der Waals surface area contributed by atoms with Gasteiger partial charge >= 0.3 is 6.18 Å². The zero-order chi connectivity index (χ0) is 19.1. The number of nitrogens with one attached hydrogen (secondary N) is 1. The van der Waals surface area contributed by atoms with E-state index in [1.165, 1.54) is 13.0 Å². The summed E-state index contributed by atoms with van der Waals surface area (Å²) < 4.78 is 74.3. The molecule has 0 unspecified atom stereocenters. The Labute approximate surface area is 149 Å². The van der Waals surface area contributed by atoms with Crippen LogP contribution in [0.2, 0.25) is 0 Å². The van der Waals surface area contributed by atoms with Gasteiger partial charge in [0.05, 0.1) is 16.3 Å². The fourth-order valence-corrected chi connectivity index (χ4v) is 4.54. The number of aromatic nitrogens is 3. The lowest BCUT2D eigenvalue weighted by atomic mass is 10.3. The third kappa shape index (κ3) is 3.78. The van der Waals surface area contributed by atoms with Gasteiger partial charge in [0.1, 0.15) is 5.69 Å². The highest BCUT2D eigenvalue weighted by molar-refractivity contribution is 7.89. The number of nitrogens with zero attached hydrogens (tertiary/aromatic N) is 3. The Kier molecular flexibility index (Phi) is 4.62. The van der Waals surface area contributed by atoms with E-state index in [4.69, 9.17) is 4.42 Å².